The van der Waals surface area contributed by atoms with Gasteiger partial charge in [0.05, 0.1) is 33.2 Å². The molecule has 1 fully saturated rings. The maximum Gasteiger partial charge on any atom is 0.257 e. The number of hydrogen-bond donors (Lipinski definition) is 0. The van der Waals surface area contributed by atoms with Crippen LogP contribution in [-0.2, 0) is 4.79 Å². The van der Waals surface area contributed by atoms with E-state index < -0.39 is 0 Å². The standard InChI is InChI=1S/C19H22Cl2N4O2/c1-12(2)18-15(19(27)24-8-6-23(7-9-24)13(3)26)11-22-25(18)14-4-5-16(20)17(21)10-14/h4-5,10-12H,6-9H2,1-3H3. The number of piperazine rings is 1. The van der Waals surface area contributed by atoms with Gasteiger partial charge in [0.2, 0.25) is 5.91 Å². The van der Waals surface area contributed by atoms with Crippen LogP contribution < -0.4 is 0 Å². The lowest BCUT2D eigenvalue weighted by Crippen LogP contribution is -2.50. The van der Waals surface area contributed by atoms with Crippen LogP contribution in [0.3, 0.4) is 0 Å². The summed E-state index contributed by atoms with van der Waals surface area (Å²) in [6, 6.07) is 5.28. The van der Waals surface area contributed by atoms with E-state index in [4.69, 9.17) is 23.2 Å². The SMILES string of the molecule is CC(=O)N1CCN(C(=O)c2cnn(-c3ccc(Cl)c(Cl)c3)c2C(C)C)CC1. The number of carbonyl (C=O) groups excluding carboxylic acids is 2. The van der Waals surface area contributed by atoms with Gasteiger partial charge in [-0.05, 0) is 24.1 Å². The number of nitrogens with zero attached hydrogens (tertiary/aromatic N) is 4. The Bertz CT molecular complexity index is 871. The first kappa shape index (κ1) is 19.7. The van der Waals surface area contributed by atoms with Gasteiger partial charge in [0.15, 0.2) is 0 Å². The number of amides is 2. The fraction of sp³-hybridized carbons (Fsp3) is 0.421. The molecular weight excluding hydrogens is 387 g/mol. The lowest BCUT2D eigenvalue weighted by molar-refractivity contribution is -0.130. The van der Waals surface area contributed by atoms with Gasteiger partial charge in [-0.3, -0.25) is 9.59 Å². The Balaban J connectivity index is 1.90. The predicted octanol–water partition coefficient (Wildman–Crippen LogP) is 3.61. The molecule has 0 atom stereocenters. The van der Waals surface area contributed by atoms with E-state index in [2.05, 4.69) is 5.10 Å². The molecule has 1 aromatic heterocycles. The summed E-state index contributed by atoms with van der Waals surface area (Å²) in [5.74, 6) is 0.0602. The zero-order valence-corrected chi connectivity index (χ0v) is 17.1. The molecule has 2 amide bonds. The molecule has 0 spiro atoms. The molecule has 0 radical (unpaired) electrons. The number of halogens is 2. The maximum atomic E-state index is 13.1. The van der Waals surface area contributed by atoms with Crippen molar-refractivity contribution >= 4 is 35.0 Å². The highest BCUT2D eigenvalue weighted by Gasteiger charge is 2.28. The van der Waals surface area contributed by atoms with E-state index in [0.29, 0.717) is 41.8 Å². The molecule has 1 aliphatic rings. The molecule has 6 nitrogen and oxygen atoms in total. The van der Waals surface area contributed by atoms with Crippen LogP contribution in [0.2, 0.25) is 10.0 Å². The van der Waals surface area contributed by atoms with Crippen LogP contribution >= 0.6 is 23.2 Å². The molecule has 144 valence electrons. The number of rotatable bonds is 3. The van der Waals surface area contributed by atoms with Crippen LogP contribution in [-0.4, -0.2) is 57.6 Å². The molecule has 2 heterocycles. The van der Waals surface area contributed by atoms with Gasteiger partial charge in [-0.15, -0.1) is 0 Å². The van der Waals surface area contributed by atoms with E-state index >= 15 is 0 Å². The molecular formula is C19H22Cl2N4O2. The Labute approximate surface area is 168 Å². The van der Waals surface area contributed by atoms with Gasteiger partial charge in [0, 0.05) is 33.1 Å². The lowest BCUT2D eigenvalue weighted by atomic mass is 10.0. The normalized spacial score (nSPS) is 14.7. The maximum absolute atomic E-state index is 13.1. The molecule has 1 aliphatic heterocycles. The summed E-state index contributed by atoms with van der Waals surface area (Å²) >= 11 is 12.2. The number of aromatic nitrogens is 2. The highest BCUT2D eigenvalue weighted by Crippen LogP contribution is 2.28. The van der Waals surface area contributed by atoms with Crippen LogP contribution in [0.25, 0.3) is 5.69 Å². The van der Waals surface area contributed by atoms with Gasteiger partial charge in [0.25, 0.3) is 5.91 Å². The quantitative estimate of drug-likeness (QED) is 0.779. The van der Waals surface area contributed by atoms with Crippen LogP contribution in [0.4, 0.5) is 0 Å². The minimum atomic E-state index is -0.0618. The van der Waals surface area contributed by atoms with Gasteiger partial charge in [-0.25, -0.2) is 4.68 Å². The summed E-state index contributed by atoms with van der Waals surface area (Å²) in [5.41, 5.74) is 2.16. The molecule has 8 heteroatoms. The zero-order valence-electron chi connectivity index (χ0n) is 15.6. The molecule has 27 heavy (non-hydrogen) atoms. The van der Waals surface area contributed by atoms with Crippen molar-refractivity contribution in [1.82, 2.24) is 19.6 Å². The van der Waals surface area contributed by atoms with E-state index in [-0.39, 0.29) is 17.7 Å². The average molecular weight is 409 g/mol. The van der Waals surface area contributed by atoms with E-state index in [1.807, 2.05) is 19.9 Å². The summed E-state index contributed by atoms with van der Waals surface area (Å²) in [5, 5.41) is 5.35. The monoisotopic (exact) mass is 408 g/mol. The Morgan fingerprint density at radius 2 is 1.67 bits per heavy atom. The predicted molar refractivity (Wildman–Crippen MR) is 106 cm³/mol. The highest BCUT2D eigenvalue weighted by molar-refractivity contribution is 6.42. The third-order valence-corrected chi connectivity index (χ3v) is 5.48. The summed E-state index contributed by atoms with van der Waals surface area (Å²) in [6.07, 6.45) is 1.61. The van der Waals surface area contributed by atoms with Crippen molar-refractivity contribution in [3.63, 3.8) is 0 Å². The molecule has 0 unspecified atom stereocenters. The number of carbonyl (C=O) groups is 2. The van der Waals surface area contributed by atoms with E-state index in [0.717, 1.165) is 11.4 Å². The second-order valence-corrected chi connectivity index (χ2v) is 7.72. The van der Waals surface area contributed by atoms with Gasteiger partial charge < -0.3 is 9.80 Å². The van der Waals surface area contributed by atoms with Gasteiger partial charge in [-0.2, -0.15) is 5.10 Å². The van der Waals surface area contributed by atoms with Crippen LogP contribution in [0.15, 0.2) is 24.4 Å². The van der Waals surface area contributed by atoms with Gasteiger partial charge in [-0.1, -0.05) is 37.0 Å². The van der Waals surface area contributed by atoms with Gasteiger partial charge >= 0.3 is 0 Å². The van der Waals surface area contributed by atoms with Gasteiger partial charge in [0.1, 0.15) is 0 Å². The Morgan fingerprint density at radius 3 is 2.22 bits per heavy atom. The molecule has 0 N–H and O–H groups in total. The van der Waals surface area contributed by atoms with Crippen molar-refractivity contribution in [2.45, 2.75) is 26.7 Å². The average Bonchev–Trinajstić information content (AvgIpc) is 3.08. The molecule has 2 aromatic rings. The van der Waals surface area contributed by atoms with Crippen LogP contribution in [0, 0.1) is 0 Å². The minimum absolute atomic E-state index is 0.0393. The number of hydrogen-bond acceptors (Lipinski definition) is 3. The molecule has 1 saturated heterocycles. The van der Waals surface area contributed by atoms with Crippen molar-refractivity contribution in [3.05, 3.63) is 45.7 Å². The third-order valence-electron chi connectivity index (χ3n) is 4.74. The zero-order chi connectivity index (χ0) is 19.7. The summed E-state index contributed by atoms with van der Waals surface area (Å²) in [4.78, 5) is 28.1. The summed E-state index contributed by atoms with van der Waals surface area (Å²) < 4.78 is 1.74. The smallest absolute Gasteiger partial charge is 0.257 e. The second kappa shape index (κ2) is 7.90. The fourth-order valence-corrected chi connectivity index (χ4v) is 3.59. The first-order valence-corrected chi connectivity index (χ1v) is 9.63. The molecule has 0 bridgehead atoms. The van der Waals surface area contributed by atoms with E-state index in [9.17, 15) is 9.59 Å². The summed E-state index contributed by atoms with van der Waals surface area (Å²) in [7, 11) is 0. The van der Waals surface area contributed by atoms with Crippen molar-refractivity contribution < 1.29 is 9.59 Å². The Morgan fingerprint density at radius 1 is 1.04 bits per heavy atom. The first-order valence-electron chi connectivity index (χ1n) is 8.87. The number of benzene rings is 1. The van der Waals surface area contributed by atoms with Crippen LogP contribution in [0.1, 0.15) is 42.7 Å². The Hall–Kier alpha value is -2.05. The van der Waals surface area contributed by atoms with Crippen molar-refractivity contribution in [3.8, 4) is 5.69 Å². The largest absolute Gasteiger partial charge is 0.339 e. The molecule has 3 rings (SSSR count). The molecule has 1 aromatic carbocycles. The molecule has 0 saturated carbocycles. The van der Waals surface area contributed by atoms with Crippen molar-refractivity contribution in [2.24, 2.45) is 0 Å². The summed E-state index contributed by atoms with van der Waals surface area (Å²) in [6.45, 7) is 7.75. The lowest BCUT2D eigenvalue weighted by Gasteiger charge is -2.34. The fourth-order valence-electron chi connectivity index (χ4n) is 3.30. The second-order valence-electron chi connectivity index (χ2n) is 6.91. The first-order chi connectivity index (χ1) is 12.8. The van der Waals surface area contributed by atoms with E-state index in [1.165, 1.54) is 0 Å². The Kier molecular flexibility index (Phi) is 5.77. The van der Waals surface area contributed by atoms with Crippen LogP contribution in [0.5, 0.6) is 0 Å². The highest BCUT2D eigenvalue weighted by atomic mass is 35.5. The minimum Gasteiger partial charge on any atom is -0.339 e. The topological polar surface area (TPSA) is 58.4 Å². The third kappa shape index (κ3) is 3.96. The van der Waals surface area contributed by atoms with Crippen molar-refractivity contribution in [1.29, 1.82) is 0 Å². The van der Waals surface area contributed by atoms with Crippen molar-refractivity contribution in [2.75, 3.05) is 26.2 Å². The molecule has 0 aliphatic carbocycles. The van der Waals surface area contributed by atoms with E-state index in [1.54, 1.807) is 39.7 Å².